The second-order valence-corrected chi connectivity index (χ2v) is 6.87. The van der Waals surface area contributed by atoms with Crippen molar-refractivity contribution in [3.8, 4) is 0 Å². The molecule has 0 saturated carbocycles. The van der Waals surface area contributed by atoms with Gasteiger partial charge < -0.3 is 4.90 Å². The first-order valence-electron chi connectivity index (χ1n) is 7.91. The van der Waals surface area contributed by atoms with Gasteiger partial charge in [0.15, 0.2) is 0 Å². The van der Waals surface area contributed by atoms with Gasteiger partial charge >= 0.3 is 6.18 Å². The predicted molar refractivity (Wildman–Crippen MR) is 95.4 cm³/mol. The Hall–Kier alpha value is -1.43. The van der Waals surface area contributed by atoms with Gasteiger partial charge in [0.2, 0.25) is 0 Å². The van der Waals surface area contributed by atoms with Gasteiger partial charge in [-0.15, -0.1) is 0 Å². The third-order valence-corrected chi connectivity index (χ3v) is 5.04. The Bertz CT molecular complexity index is 741. The van der Waals surface area contributed by atoms with Crippen molar-refractivity contribution in [3.63, 3.8) is 0 Å². The Morgan fingerprint density at radius 3 is 2.24 bits per heavy atom. The van der Waals surface area contributed by atoms with Crippen LogP contribution in [0.4, 0.5) is 18.9 Å². The molecule has 0 N–H and O–H groups in total. The summed E-state index contributed by atoms with van der Waals surface area (Å²) in [6.07, 6.45) is -4.31. The van der Waals surface area contributed by atoms with Crippen LogP contribution in [0.15, 0.2) is 42.5 Å². The summed E-state index contributed by atoms with van der Waals surface area (Å²) in [7, 11) is 0. The summed E-state index contributed by atoms with van der Waals surface area (Å²) in [5, 5.41) is 1.06. The summed E-state index contributed by atoms with van der Waals surface area (Å²) >= 11 is 12.0. The lowest BCUT2D eigenvalue weighted by molar-refractivity contribution is -0.137. The van der Waals surface area contributed by atoms with Crippen LogP contribution in [0.2, 0.25) is 10.0 Å². The lowest BCUT2D eigenvalue weighted by Gasteiger charge is -2.36. The quantitative estimate of drug-likeness (QED) is 0.700. The molecule has 0 bridgehead atoms. The number of alkyl halides is 3. The van der Waals surface area contributed by atoms with Gasteiger partial charge in [-0.25, -0.2) is 0 Å². The number of hydrogen-bond acceptors (Lipinski definition) is 2. The van der Waals surface area contributed by atoms with Crippen molar-refractivity contribution >= 4 is 28.9 Å². The fourth-order valence-electron chi connectivity index (χ4n) is 2.94. The molecule has 1 aliphatic heterocycles. The Morgan fingerprint density at radius 1 is 0.880 bits per heavy atom. The van der Waals surface area contributed by atoms with E-state index in [9.17, 15) is 13.2 Å². The van der Waals surface area contributed by atoms with Crippen LogP contribution >= 0.6 is 23.2 Å². The van der Waals surface area contributed by atoms with Gasteiger partial charge in [-0.1, -0.05) is 35.3 Å². The summed E-state index contributed by atoms with van der Waals surface area (Å²) in [6.45, 7) is 3.66. The normalized spacial score (nSPS) is 16.3. The molecule has 0 unspecified atom stereocenters. The van der Waals surface area contributed by atoms with Crippen LogP contribution in [0.1, 0.15) is 11.1 Å². The molecule has 2 aromatic rings. The van der Waals surface area contributed by atoms with E-state index in [4.69, 9.17) is 23.2 Å². The molecule has 2 aromatic carbocycles. The van der Waals surface area contributed by atoms with Crippen molar-refractivity contribution in [2.24, 2.45) is 0 Å². The van der Waals surface area contributed by atoms with E-state index in [-0.39, 0.29) is 0 Å². The van der Waals surface area contributed by atoms with Gasteiger partial charge in [-0.05, 0) is 35.9 Å². The predicted octanol–water partition coefficient (Wildman–Crippen LogP) is 5.33. The SMILES string of the molecule is FC(F)(F)c1cccc(N2CCN(Cc3ccc(Cl)c(Cl)c3)CC2)c1. The van der Waals surface area contributed by atoms with Gasteiger partial charge in [-0.2, -0.15) is 13.2 Å². The topological polar surface area (TPSA) is 6.48 Å². The number of hydrogen-bond donors (Lipinski definition) is 0. The molecule has 0 aliphatic carbocycles. The lowest BCUT2D eigenvalue weighted by Crippen LogP contribution is -2.46. The van der Waals surface area contributed by atoms with Crippen molar-refractivity contribution in [2.45, 2.75) is 12.7 Å². The largest absolute Gasteiger partial charge is 0.416 e. The molecule has 0 spiro atoms. The van der Waals surface area contributed by atoms with E-state index in [2.05, 4.69) is 4.90 Å². The molecule has 1 heterocycles. The van der Waals surface area contributed by atoms with Crippen molar-refractivity contribution in [1.29, 1.82) is 0 Å². The van der Waals surface area contributed by atoms with Crippen molar-refractivity contribution in [2.75, 3.05) is 31.1 Å². The molecule has 1 fully saturated rings. The number of benzene rings is 2. The third kappa shape index (κ3) is 4.60. The first-order valence-corrected chi connectivity index (χ1v) is 8.67. The van der Waals surface area contributed by atoms with Crippen LogP contribution in [0.5, 0.6) is 0 Å². The van der Waals surface area contributed by atoms with E-state index in [0.717, 1.165) is 31.3 Å². The summed E-state index contributed by atoms with van der Waals surface area (Å²) in [5.41, 5.74) is 1.08. The molecule has 0 amide bonds. The minimum Gasteiger partial charge on any atom is -0.369 e. The van der Waals surface area contributed by atoms with Gasteiger partial charge in [0.05, 0.1) is 15.6 Å². The van der Waals surface area contributed by atoms with Crippen LogP contribution in [0.25, 0.3) is 0 Å². The Morgan fingerprint density at radius 2 is 1.60 bits per heavy atom. The van der Waals surface area contributed by atoms with Crippen molar-refractivity contribution < 1.29 is 13.2 Å². The molecular formula is C18H17Cl2F3N2. The average molecular weight is 389 g/mol. The number of nitrogens with zero attached hydrogens (tertiary/aromatic N) is 2. The maximum absolute atomic E-state index is 12.9. The summed E-state index contributed by atoms with van der Waals surface area (Å²) in [4.78, 5) is 4.24. The first-order chi connectivity index (χ1) is 11.8. The summed E-state index contributed by atoms with van der Waals surface area (Å²) < 4.78 is 38.6. The highest BCUT2D eigenvalue weighted by atomic mass is 35.5. The molecule has 0 radical (unpaired) electrons. The highest BCUT2D eigenvalue weighted by molar-refractivity contribution is 6.42. The van der Waals surface area contributed by atoms with Crippen LogP contribution in [0, 0.1) is 0 Å². The zero-order valence-corrected chi connectivity index (χ0v) is 14.9. The Labute approximate surface area is 154 Å². The minimum absolute atomic E-state index is 0.528. The molecular weight excluding hydrogens is 372 g/mol. The van der Waals surface area contributed by atoms with Crippen LogP contribution in [0.3, 0.4) is 0 Å². The zero-order valence-electron chi connectivity index (χ0n) is 13.4. The maximum Gasteiger partial charge on any atom is 0.416 e. The highest BCUT2D eigenvalue weighted by Crippen LogP contribution is 2.32. The number of piperazine rings is 1. The molecule has 134 valence electrons. The van der Waals surface area contributed by atoms with E-state index >= 15 is 0 Å². The zero-order chi connectivity index (χ0) is 18.0. The monoisotopic (exact) mass is 388 g/mol. The van der Waals surface area contributed by atoms with E-state index in [0.29, 0.717) is 28.8 Å². The molecule has 7 heteroatoms. The molecule has 0 aromatic heterocycles. The Kier molecular flexibility index (Phi) is 5.46. The minimum atomic E-state index is -4.31. The third-order valence-electron chi connectivity index (χ3n) is 4.30. The average Bonchev–Trinajstić information content (AvgIpc) is 2.58. The lowest BCUT2D eigenvalue weighted by atomic mass is 10.1. The van der Waals surface area contributed by atoms with Crippen molar-refractivity contribution in [3.05, 3.63) is 63.6 Å². The number of halogens is 5. The molecule has 3 rings (SSSR count). The van der Waals surface area contributed by atoms with Crippen molar-refractivity contribution in [1.82, 2.24) is 4.90 Å². The van der Waals surface area contributed by atoms with Gasteiger partial charge in [-0.3, -0.25) is 4.90 Å². The summed E-state index contributed by atoms with van der Waals surface area (Å²) in [6, 6.07) is 11.1. The van der Waals surface area contributed by atoms with E-state index in [1.165, 1.54) is 12.1 Å². The highest BCUT2D eigenvalue weighted by Gasteiger charge is 2.31. The molecule has 25 heavy (non-hydrogen) atoms. The molecule has 1 aliphatic rings. The number of rotatable bonds is 3. The second kappa shape index (κ2) is 7.44. The fourth-order valence-corrected chi connectivity index (χ4v) is 3.26. The van der Waals surface area contributed by atoms with E-state index in [1.807, 2.05) is 17.0 Å². The van der Waals surface area contributed by atoms with Crippen LogP contribution in [-0.2, 0) is 12.7 Å². The Balaban J connectivity index is 1.61. The van der Waals surface area contributed by atoms with Crippen LogP contribution in [-0.4, -0.2) is 31.1 Å². The van der Waals surface area contributed by atoms with E-state index < -0.39 is 11.7 Å². The first kappa shape index (κ1) is 18.4. The summed E-state index contributed by atoms with van der Waals surface area (Å²) in [5.74, 6) is 0. The molecule has 1 saturated heterocycles. The molecule has 0 atom stereocenters. The maximum atomic E-state index is 12.9. The van der Waals surface area contributed by atoms with Gasteiger partial charge in [0.25, 0.3) is 0 Å². The number of anilines is 1. The standard InChI is InChI=1S/C18H17Cl2F3N2/c19-16-5-4-13(10-17(16)20)12-24-6-8-25(9-7-24)15-3-1-2-14(11-15)18(21,22)23/h1-5,10-11H,6-9,12H2. The molecule has 2 nitrogen and oxygen atoms in total. The van der Waals surface area contributed by atoms with E-state index in [1.54, 1.807) is 12.1 Å². The fraction of sp³-hybridized carbons (Fsp3) is 0.333. The smallest absolute Gasteiger partial charge is 0.369 e. The second-order valence-electron chi connectivity index (χ2n) is 6.06. The van der Waals surface area contributed by atoms with Gasteiger partial charge in [0.1, 0.15) is 0 Å². The van der Waals surface area contributed by atoms with Gasteiger partial charge in [0, 0.05) is 38.4 Å². The van der Waals surface area contributed by atoms with Crippen LogP contribution < -0.4 is 4.90 Å².